The zero-order valence-corrected chi connectivity index (χ0v) is 13.5. The first kappa shape index (κ1) is 15.1. The van der Waals surface area contributed by atoms with E-state index in [1.165, 1.54) is 0 Å². The summed E-state index contributed by atoms with van der Waals surface area (Å²) in [7, 11) is 0. The Labute approximate surface area is 143 Å². The highest BCUT2D eigenvalue weighted by Crippen LogP contribution is 2.23. The van der Waals surface area contributed by atoms with Crippen LogP contribution in [0.25, 0.3) is 11.0 Å². The monoisotopic (exact) mass is 332 g/mol. The number of anilines is 2. The zero-order valence-electron chi connectivity index (χ0n) is 13.5. The Morgan fingerprint density at radius 3 is 2.44 bits per heavy atom. The molecule has 124 valence electrons. The van der Waals surface area contributed by atoms with Crippen molar-refractivity contribution >= 4 is 22.5 Å². The Morgan fingerprint density at radius 1 is 1.04 bits per heavy atom. The smallest absolute Gasteiger partial charge is 0.292 e. The molecule has 2 aromatic carbocycles. The van der Waals surface area contributed by atoms with Crippen molar-refractivity contribution in [1.82, 2.24) is 25.2 Å². The fourth-order valence-electron chi connectivity index (χ4n) is 2.77. The van der Waals surface area contributed by atoms with E-state index in [1.54, 1.807) is 4.68 Å². The third-order valence-corrected chi connectivity index (χ3v) is 4.09. The van der Waals surface area contributed by atoms with Gasteiger partial charge in [0.15, 0.2) is 16.9 Å². The molecule has 0 radical (unpaired) electrons. The van der Waals surface area contributed by atoms with Gasteiger partial charge in [0, 0.05) is 5.69 Å². The number of fused-ring (bicyclic) bond motifs is 1. The van der Waals surface area contributed by atoms with Crippen LogP contribution in [0, 0.1) is 0 Å². The number of H-pyrrole nitrogens is 1. The van der Waals surface area contributed by atoms with E-state index < -0.39 is 0 Å². The predicted octanol–water partition coefficient (Wildman–Crippen LogP) is 2.87. The summed E-state index contributed by atoms with van der Waals surface area (Å²) in [5, 5.41) is 18.2. The van der Waals surface area contributed by atoms with Crippen LogP contribution in [0.3, 0.4) is 0 Å². The highest BCUT2D eigenvalue weighted by molar-refractivity contribution is 5.86. The van der Waals surface area contributed by atoms with E-state index in [0.29, 0.717) is 16.9 Å². The molecule has 7 nitrogen and oxygen atoms in total. The van der Waals surface area contributed by atoms with Gasteiger partial charge in [-0.05, 0) is 24.6 Å². The van der Waals surface area contributed by atoms with Crippen LogP contribution in [0.1, 0.15) is 18.5 Å². The standard InChI is InChI=1S/C18H16N6O/c1-12(13-8-4-2-5-9-13)24-16-15(20-23-24)17(21-22-18(16)25)19-14-10-6-3-7-11-14/h2-12H,1H3,(H,19,21)(H,22,25). The first-order valence-corrected chi connectivity index (χ1v) is 7.94. The van der Waals surface area contributed by atoms with Gasteiger partial charge in [0.2, 0.25) is 0 Å². The van der Waals surface area contributed by atoms with Crippen LogP contribution in [-0.2, 0) is 0 Å². The van der Waals surface area contributed by atoms with Gasteiger partial charge in [-0.15, -0.1) is 5.10 Å². The van der Waals surface area contributed by atoms with Gasteiger partial charge in [-0.2, -0.15) is 5.10 Å². The summed E-state index contributed by atoms with van der Waals surface area (Å²) in [5.74, 6) is 0.465. The fraction of sp³-hybridized carbons (Fsp3) is 0.111. The number of nitrogens with zero attached hydrogens (tertiary/aromatic N) is 4. The highest BCUT2D eigenvalue weighted by atomic mass is 16.1. The van der Waals surface area contributed by atoms with Gasteiger partial charge < -0.3 is 5.32 Å². The summed E-state index contributed by atoms with van der Waals surface area (Å²) in [6, 6.07) is 19.3. The van der Waals surface area contributed by atoms with Crippen LogP contribution >= 0.6 is 0 Å². The number of hydrogen-bond acceptors (Lipinski definition) is 5. The second-order valence-electron chi connectivity index (χ2n) is 5.71. The minimum absolute atomic E-state index is 0.126. The van der Waals surface area contributed by atoms with E-state index in [0.717, 1.165) is 11.3 Å². The van der Waals surface area contributed by atoms with Crippen molar-refractivity contribution in [2.75, 3.05) is 5.32 Å². The summed E-state index contributed by atoms with van der Waals surface area (Å²) < 4.78 is 1.63. The lowest BCUT2D eigenvalue weighted by atomic mass is 10.1. The topological polar surface area (TPSA) is 88.5 Å². The molecule has 0 aliphatic rings. The highest BCUT2D eigenvalue weighted by Gasteiger charge is 2.19. The number of aromatic nitrogens is 5. The average molecular weight is 332 g/mol. The minimum atomic E-state index is -0.318. The van der Waals surface area contributed by atoms with Crippen LogP contribution in [0.4, 0.5) is 11.5 Å². The van der Waals surface area contributed by atoms with Crippen molar-refractivity contribution in [3.05, 3.63) is 76.6 Å². The number of hydrogen-bond donors (Lipinski definition) is 2. The average Bonchev–Trinajstić information content (AvgIpc) is 3.11. The van der Waals surface area contributed by atoms with Gasteiger partial charge in [-0.3, -0.25) is 4.79 Å². The Kier molecular flexibility index (Phi) is 3.74. The van der Waals surface area contributed by atoms with Crippen molar-refractivity contribution in [3.8, 4) is 0 Å². The molecule has 0 amide bonds. The first-order valence-electron chi connectivity index (χ1n) is 7.94. The molecule has 0 saturated carbocycles. The molecule has 0 aliphatic carbocycles. The molecule has 0 fully saturated rings. The summed E-state index contributed by atoms with van der Waals surface area (Å²) in [6.45, 7) is 1.98. The lowest BCUT2D eigenvalue weighted by Crippen LogP contribution is -2.17. The van der Waals surface area contributed by atoms with E-state index >= 15 is 0 Å². The molecule has 4 aromatic rings. The van der Waals surface area contributed by atoms with Crippen molar-refractivity contribution < 1.29 is 0 Å². The SMILES string of the molecule is CC(c1ccccc1)n1nnc2c(Nc3ccccc3)n[nH]c(=O)c21. The van der Waals surface area contributed by atoms with Crippen LogP contribution in [0.15, 0.2) is 65.5 Å². The predicted molar refractivity (Wildman–Crippen MR) is 95.9 cm³/mol. The molecule has 0 spiro atoms. The molecule has 2 aromatic heterocycles. The molecular weight excluding hydrogens is 316 g/mol. The van der Waals surface area contributed by atoms with Gasteiger partial charge in [0.05, 0.1) is 6.04 Å². The van der Waals surface area contributed by atoms with E-state index in [1.807, 2.05) is 67.6 Å². The van der Waals surface area contributed by atoms with Crippen LogP contribution < -0.4 is 10.9 Å². The van der Waals surface area contributed by atoms with E-state index in [4.69, 9.17) is 0 Å². The summed E-state index contributed by atoms with van der Waals surface area (Å²) >= 11 is 0. The zero-order chi connectivity index (χ0) is 17.2. The molecule has 0 saturated heterocycles. The number of aromatic amines is 1. The second-order valence-corrected chi connectivity index (χ2v) is 5.71. The molecule has 1 atom stereocenters. The summed E-state index contributed by atoms with van der Waals surface area (Å²) in [5.41, 5.74) is 2.42. The summed E-state index contributed by atoms with van der Waals surface area (Å²) in [4.78, 5) is 12.4. The van der Waals surface area contributed by atoms with Gasteiger partial charge in [-0.25, -0.2) is 9.78 Å². The van der Waals surface area contributed by atoms with Crippen LogP contribution in [0.2, 0.25) is 0 Å². The summed E-state index contributed by atoms with van der Waals surface area (Å²) in [6.07, 6.45) is 0. The molecule has 7 heteroatoms. The van der Waals surface area contributed by atoms with Crippen LogP contribution in [0.5, 0.6) is 0 Å². The fourth-order valence-corrected chi connectivity index (χ4v) is 2.77. The number of benzene rings is 2. The van der Waals surface area contributed by atoms with Crippen molar-refractivity contribution in [3.63, 3.8) is 0 Å². The molecule has 2 heterocycles. The maximum absolute atomic E-state index is 12.4. The third-order valence-electron chi connectivity index (χ3n) is 4.09. The molecule has 0 bridgehead atoms. The first-order chi connectivity index (χ1) is 12.2. The van der Waals surface area contributed by atoms with Gasteiger partial charge in [0.25, 0.3) is 5.56 Å². The second kappa shape index (κ2) is 6.20. The molecular formula is C18H16N6O. The number of nitrogens with one attached hydrogen (secondary N) is 2. The Balaban J connectivity index is 1.81. The normalized spacial score (nSPS) is 12.2. The van der Waals surface area contributed by atoms with E-state index in [9.17, 15) is 4.79 Å². The molecule has 2 N–H and O–H groups in total. The largest absolute Gasteiger partial charge is 0.337 e. The van der Waals surface area contributed by atoms with E-state index in [2.05, 4.69) is 25.8 Å². The van der Waals surface area contributed by atoms with Crippen molar-refractivity contribution in [1.29, 1.82) is 0 Å². The van der Waals surface area contributed by atoms with Crippen molar-refractivity contribution in [2.45, 2.75) is 13.0 Å². The molecule has 25 heavy (non-hydrogen) atoms. The minimum Gasteiger partial charge on any atom is -0.337 e. The lowest BCUT2D eigenvalue weighted by Gasteiger charge is -2.12. The van der Waals surface area contributed by atoms with Gasteiger partial charge >= 0.3 is 0 Å². The molecule has 1 unspecified atom stereocenters. The molecule has 0 aliphatic heterocycles. The van der Waals surface area contributed by atoms with Crippen molar-refractivity contribution in [2.24, 2.45) is 0 Å². The van der Waals surface area contributed by atoms with Gasteiger partial charge in [-0.1, -0.05) is 53.7 Å². The van der Waals surface area contributed by atoms with E-state index in [-0.39, 0.29) is 11.6 Å². The third kappa shape index (κ3) is 2.76. The maximum atomic E-state index is 12.4. The quantitative estimate of drug-likeness (QED) is 0.600. The Hall–Kier alpha value is -3.48. The lowest BCUT2D eigenvalue weighted by molar-refractivity contribution is 0.558. The van der Waals surface area contributed by atoms with Gasteiger partial charge in [0.1, 0.15) is 0 Å². The number of rotatable bonds is 4. The molecule has 4 rings (SSSR count). The van der Waals surface area contributed by atoms with Crippen LogP contribution in [-0.4, -0.2) is 25.2 Å². The Bertz CT molecular complexity index is 1060. The maximum Gasteiger partial charge on any atom is 0.292 e. The number of para-hydroxylation sites is 1. The Morgan fingerprint density at radius 2 is 1.72 bits per heavy atom.